The van der Waals surface area contributed by atoms with E-state index in [4.69, 9.17) is 0 Å². The van der Waals surface area contributed by atoms with Gasteiger partial charge in [-0.25, -0.2) is 0 Å². The van der Waals surface area contributed by atoms with Crippen LogP contribution >= 0.6 is 0 Å². The average molecular weight is 342 g/mol. The Morgan fingerprint density at radius 3 is 2.40 bits per heavy atom. The largest absolute Gasteiger partial charge is 0.342 e. The number of hydrogen-bond donors (Lipinski definition) is 0. The van der Waals surface area contributed by atoms with E-state index in [9.17, 15) is 14.4 Å². The number of rotatable bonds is 5. The summed E-state index contributed by atoms with van der Waals surface area (Å²) < 4.78 is 0. The molecule has 2 heterocycles. The van der Waals surface area contributed by atoms with E-state index in [2.05, 4.69) is 0 Å². The van der Waals surface area contributed by atoms with Crippen molar-refractivity contribution < 1.29 is 14.4 Å². The van der Waals surface area contributed by atoms with Gasteiger partial charge in [-0.1, -0.05) is 37.3 Å². The summed E-state index contributed by atoms with van der Waals surface area (Å²) in [5, 5.41) is 0. The maximum atomic E-state index is 12.8. The van der Waals surface area contributed by atoms with Crippen LogP contribution < -0.4 is 0 Å². The summed E-state index contributed by atoms with van der Waals surface area (Å²) in [6, 6.07) is 9.87. The molecule has 1 atom stereocenters. The van der Waals surface area contributed by atoms with Crippen molar-refractivity contribution in [3.8, 4) is 0 Å². The summed E-state index contributed by atoms with van der Waals surface area (Å²) >= 11 is 0. The van der Waals surface area contributed by atoms with E-state index in [0.29, 0.717) is 44.8 Å². The van der Waals surface area contributed by atoms with Crippen LogP contribution in [-0.4, -0.2) is 47.0 Å². The van der Waals surface area contributed by atoms with Crippen molar-refractivity contribution in [3.63, 3.8) is 0 Å². The van der Waals surface area contributed by atoms with Crippen molar-refractivity contribution >= 4 is 17.6 Å². The number of Topliss-reactive ketones (excluding diaryl/α,β-unsaturated/α-hetero) is 1. The first-order chi connectivity index (χ1) is 12.1. The van der Waals surface area contributed by atoms with Crippen LogP contribution in [-0.2, 0) is 20.9 Å². The molecule has 2 fully saturated rings. The third-order valence-electron chi connectivity index (χ3n) is 5.39. The van der Waals surface area contributed by atoms with E-state index in [1.807, 2.05) is 42.2 Å². The van der Waals surface area contributed by atoms with Crippen molar-refractivity contribution in [2.75, 3.05) is 19.6 Å². The van der Waals surface area contributed by atoms with Crippen molar-refractivity contribution in [3.05, 3.63) is 35.9 Å². The Morgan fingerprint density at radius 2 is 1.76 bits per heavy atom. The van der Waals surface area contributed by atoms with Gasteiger partial charge in [-0.3, -0.25) is 14.4 Å². The molecule has 0 aliphatic carbocycles. The van der Waals surface area contributed by atoms with Gasteiger partial charge in [0.15, 0.2) is 0 Å². The van der Waals surface area contributed by atoms with E-state index in [-0.39, 0.29) is 23.7 Å². The number of carbonyl (C=O) groups is 3. The van der Waals surface area contributed by atoms with E-state index in [1.54, 1.807) is 4.90 Å². The summed E-state index contributed by atoms with van der Waals surface area (Å²) in [5.41, 5.74) is 1.09. The molecule has 134 valence electrons. The molecule has 0 radical (unpaired) electrons. The number of ketones is 1. The SMILES string of the molecule is CCC(=O)C1CCN(C(=O)C2CC(=O)N(Cc3ccccc3)C2)CC1. The first-order valence-corrected chi connectivity index (χ1v) is 9.21. The van der Waals surface area contributed by atoms with Gasteiger partial charge >= 0.3 is 0 Å². The standard InChI is InChI=1S/C20H26N2O3/c1-2-18(23)16-8-10-21(11-9-16)20(25)17-12-19(24)22(14-17)13-15-6-4-3-5-7-15/h3-7,16-17H,2,8-14H2,1H3. The molecule has 5 nitrogen and oxygen atoms in total. The van der Waals surface area contributed by atoms with Gasteiger partial charge < -0.3 is 9.80 Å². The molecule has 5 heteroatoms. The first-order valence-electron chi connectivity index (χ1n) is 9.21. The second-order valence-corrected chi connectivity index (χ2v) is 7.08. The highest BCUT2D eigenvalue weighted by molar-refractivity contribution is 5.89. The van der Waals surface area contributed by atoms with Crippen LogP contribution in [0.15, 0.2) is 30.3 Å². The summed E-state index contributed by atoms with van der Waals surface area (Å²) in [6.45, 7) is 4.24. The second kappa shape index (κ2) is 7.81. The van der Waals surface area contributed by atoms with Gasteiger partial charge in [-0.15, -0.1) is 0 Å². The number of likely N-dealkylation sites (tertiary alicyclic amines) is 2. The normalized spacial score (nSPS) is 21.6. The van der Waals surface area contributed by atoms with Crippen molar-refractivity contribution in [1.82, 2.24) is 9.80 Å². The zero-order valence-electron chi connectivity index (χ0n) is 14.8. The molecule has 0 spiro atoms. The van der Waals surface area contributed by atoms with Crippen LogP contribution in [0.25, 0.3) is 0 Å². The molecule has 2 amide bonds. The van der Waals surface area contributed by atoms with Crippen LogP contribution in [0, 0.1) is 11.8 Å². The van der Waals surface area contributed by atoms with Gasteiger partial charge in [-0.05, 0) is 18.4 Å². The van der Waals surface area contributed by atoms with E-state index in [1.165, 1.54) is 0 Å². The Kier molecular flexibility index (Phi) is 5.51. The van der Waals surface area contributed by atoms with Gasteiger partial charge in [0.25, 0.3) is 0 Å². The predicted molar refractivity (Wildman–Crippen MR) is 94.6 cm³/mol. The molecule has 0 bridgehead atoms. The molecule has 0 N–H and O–H groups in total. The zero-order chi connectivity index (χ0) is 17.8. The van der Waals surface area contributed by atoms with Crippen LogP contribution in [0.3, 0.4) is 0 Å². The smallest absolute Gasteiger partial charge is 0.227 e. The fourth-order valence-corrected chi connectivity index (χ4v) is 3.86. The lowest BCUT2D eigenvalue weighted by Gasteiger charge is -2.32. The van der Waals surface area contributed by atoms with Gasteiger partial charge in [0, 0.05) is 44.9 Å². The van der Waals surface area contributed by atoms with Crippen molar-refractivity contribution in [2.24, 2.45) is 11.8 Å². The van der Waals surface area contributed by atoms with Crippen molar-refractivity contribution in [2.45, 2.75) is 39.2 Å². The number of carbonyl (C=O) groups excluding carboxylic acids is 3. The third kappa shape index (κ3) is 4.09. The van der Waals surface area contributed by atoms with Crippen LogP contribution in [0.1, 0.15) is 38.2 Å². The maximum Gasteiger partial charge on any atom is 0.227 e. The Hall–Kier alpha value is -2.17. The third-order valence-corrected chi connectivity index (χ3v) is 5.39. The molecule has 2 saturated heterocycles. The summed E-state index contributed by atoms with van der Waals surface area (Å²) in [7, 11) is 0. The highest BCUT2D eigenvalue weighted by Gasteiger charge is 2.37. The Labute approximate surface area is 149 Å². The van der Waals surface area contributed by atoms with Crippen LogP contribution in [0.2, 0.25) is 0 Å². The number of hydrogen-bond acceptors (Lipinski definition) is 3. The van der Waals surface area contributed by atoms with Gasteiger partial charge in [0.1, 0.15) is 5.78 Å². The van der Waals surface area contributed by atoms with E-state index >= 15 is 0 Å². The summed E-state index contributed by atoms with van der Waals surface area (Å²) in [4.78, 5) is 40.5. The molecule has 0 saturated carbocycles. The Morgan fingerprint density at radius 1 is 1.08 bits per heavy atom. The molecule has 1 aromatic carbocycles. The van der Waals surface area contributed by atoms with E-state index in [0.717, 1.165) is 18.4 Å². The minimum atomic E-state index is -0.241. The molecule has 1 aromatic rings. The fraction of sp³-hybridized carbons (Fsp3) is 0.550. The summed E-state index contributed by atoms with van der Waals surface area (Å²) in [6.07, 6.45) is 2.39. The lowest BCUT2D eigenvalue weighted by Crippen LogP contribution is -2.43. The van der Waals surface area contributed by atoms with E-state index < -0.39 is 0 Å². The van der Waals surface area contributed by atoms with Gasteiger partial charge in [0.05, 0.1) is 5.92 Å². The highest BCUT2D eigenvalue weighted by Crippen LogP contribution is 2.25. The molecule has 25 heavy (non-hydrogen) atoms. The number of piperidine rings is 1. The molecule has 2 aliphatic rings. The lowest BCUT2D eigenvalue weighted by atomic mass is 9.90. The fourth-order valence-electron chi connectivity index (χ4n) is 3.86. The Bertz CT molecular complexity index is 636. The number of nitrogens with zero attached hydrogens (tertiary/aromatic N) is 2. The number of benzene rings is 1. The predicted octanol–water partition coefficient (Wildman–Crippen LogP) is 2.25. The van der Waals surface area contributed by atoms with Crippen LogP contribution in [0.4, 0.5) is 0 Å². The minimum absolute atomic E-state index is 0.0539. The first kappa shape index (κ1) is 17.6. The molecular formula is C20H26N2O3. The maximum absolute atomic E-state index is 12.8. The quantitative estimate of drug-likeness (QED) is 0.825. The highest BCUT2D eigenvalue weighted by atomic mass is 16.2. The lowest BCUT2D eigenvalue weighted by molar-refractivity contribution is -0.138. The van der Waals surface area contributed by atoms with Gasteiger partial charge in [-0.2, -0.15) is 0 Å². The monoisotopic (exact) mass is 342 g/mol. The van der Waals surface area contributed by atoms with Gasteiger partial charge in [0.2, 0.25) is 11.8 Å². The average Bonchev–Trinajstić information content (AvgIpc) is 3.02. The van der Waals surface area contributed by atoms with Crippen molar-refractivity contribution in [1.29, 1.82) is 0 Å². The van der Waals surface area contributed by atoms with Crippen LogP contribution in [0.5, 0.6) is 0 Å². The summed E-state index contributed by atoms with van der Waals surface area (Å²) in [5.74, 6) is 0.296. The number of amides is 2. The minimum Gasteiger partial charge on any atom is -0.342 e. The molecule has 0 aromatic heterocycles. The molecule has 3 rings (SSSR count). The molecule has 2 aliphatic heterocycles. The molecule has 1 unspecified atom stereocenters. The molecular weight excluding hydrogens is 316 g/mol. The Balaban J connectivity index is 1.54. The second-order valence-electron chi connectivity index (χ2n) is 7.08. The zero-order valence-corrected chi connectivity index (χ0v) is 14.8. The topological polar surface area (TPSA) is 57.7 Å².